The molecule has 3 nitrogen and oxygen atoms in total. The lowest BCUT2D eigenvalue weighted by Crippen LogP contribution is -2.24. The maximum Gasteiger partial charge on any atom is 0.331 e. The van der Waals surface area contributed by atoms with Crippen molar-refractivity contribution in [3.63, 3.8) is 0 Å². The quantitative estimate of drug-likeness (QED) is 0.687. The third-order valence-corrected chi connectivity index (χ3v) is 1.36. The zero-order valence-corrected chi connectivity index (χ0v) is 8.92. The highest BCUT2D eigenvalue weighted by molar-refractivity contribution is 5.85. The highest BCUT2D eigenvalue weighted by atomic mass is 16.5. The van der Waals surface area contributed by atoms with Gasteiger partial charge in [-0.25, -0.2) is 4.79 Å². The summed E-state index contributed by atoms with van der Waals surface area (Å²) in [6.45, 7) is 9.21. The van der Waals surface area contributed by atoms with Gasteiger partial charge in [0, 0.05) is 5.57 Å². The van der Waals surface area contributed by atoms with E-state index in [2.05, 4.69) is 0 Å². The fourth-order valence-electron chi connectivity index (χ4n) is 1.02. The minimum atomic E-state index is -0.899. The second-order valence-electron chi connectivity index (χ2n) is 4.09. The summed E-state index contributed by atoms with van der Waals surface area (Å²) in [6, 6.07) is 0. The predicted molar refractivity (Wildman–Crippen MR) is 51.7 cm³/mol. The maximum atomic E-state index is 10.5. The lowest BCUT2D eigenvalue weighted by molar-refractivity contribution is -0.132. The van der Waals surface area contributed by atoms with Gasteiger partial charge in [0.15, 0.2) is 0 Å². The van der Waals surface area contributed by atoms with Crippen molar-refractivity contribution in [2.45, 2.75) is 46.3 Å². The van der Waals surface area contributed by atoms with Crippen molar-refractivity contribution in [2.75, 3.05) is 0 Å². The van der Waals surface area contributed by atoms with Gasteiger partial charge in [-0.15, -0.1) is 0 Å². The first-order valence-corrected chi connectivity index (χ1v) is 4.32. The van der Waals surface area contributed by atoms with E-state index in [0.717, 1.165) is 0 Å². The van der Waals surface area contributed by atoms with Gasteiger partial charge in [0.25, 0.3) is 0 Å². The van der Waals surface area contributed by atoms with E-state index in [1.807, 2.05) is 27.7 Å². The Hall–Kier alpha value is -0.830. The van der Waals surface area contributed by atoms with E-state index in [4.69, 9.17) is 9.84 Å². The number of carboxylic acid groups (broad SMARTS) is 1. The number of carboxylic acids is 1. The van der Waals surface area contributed by atoms with E-state index < -0.39 is 5.97 Å². The predicted octanol–water partition coefficient (Wildman–Crippen LogP) is 2.22. The summed E-state index contributed by atoms with van der Waals surface area (Å²) in [5, 5.41) is 8.61. The van der Waals surface area contributed by atoms with Gasteiger partial charge in [0.1, 0.15) is 0 Å². The van der Waals surface area contributed by atoms with Crippen LogP contribution in [-0.2, 0) is 9.53 Å². The van der Waals surface area contributed by atoms with Crippen molar-refractivity contribution in [2.24, 2.45) is 0 Å². The topological polar surface area (TPSA) is 46.5 Å². The second-order valence-corrected chi connectivity index (χ2v) is 4.09. The van der Waals surface area contributed by atoms with Gasteiger partial charge in [-0.1, -0.05) is 0 Å². The number of aliphatic carboxylic acids is 1. The van der Waals surface area contributed by atoms with E-state index in [-0.39, 0.29) is 11.7 Å². The summed E-state index contributed by atoms with van der Waals surface area (Å²) in [4.78, 5) is 10.5. The van der Waals surface area contributed by atoms with Crippen LogP contribution < -0.4 is 0 Å². The Kier molecular flexibility index (Phi) is 4.14. The zero-order valence-electron chi connectivity index (χ0n) is 8.92. The van der Waals surface area contributed by atoms with Gasteiger partial charge in [-0.3, -0.25) is 0 Å². The highest BCUT2D eigenvalue weighted by Crippen LogP contribution is 2.12. The fraction of sp³-hybridized carbons (Fsp3) is 0.700. The van der Waals surface area contributed by atoms with Crippen LogP contribution in [0.15, 0.2) is 11.6 Å². The minimum absolute atomic E-state index is 0.170. The summed E-state index contributed by atoms with van der Waals surface area (Å²) in [5.74, 6) is -0.899. The monoisotopic (exact) mass is 186 g/mol. The van der Waals surface area contributed by atoms with Gasteiger partial charge in [-0.05, 0) is 40.7 Å². The van der Waals surface area contributed by atoms with Crippen LogP contribution in [0.25, 0.3) is 0 Å². The Morgan fingerprint density at radius 1 is 1.46 bits per heavy atom. The molecule has 1 N–H and O–H groups in total. The van der Waals surface area contributed by atoms with Crippen LogP contribution in [0.2, 0.25) is 0 Å². The molecule has 13 heavy (non-hydrogen) atoms. The molecule has 0 bridgehead atoms. The van der Waals surface area contributed by atoms with Crippen molar-refractivity contribution in [1.82, 2.24) is 0 Å². The SMILES string of the molecule is CC(=CC(C)OC(C)(C)C)C(=O)O. The Labute approximate surface area is 79.4 Å². The highest BCUT2D eigenvalue weighted by Gasteiger charge is 2.14. The number of rotatable bonds is 3. The molecule has 0 aliphatic carbocycles. The van der Waals surface area contributed by atoms with Gasteiger partial charge < -0.3 is 9.84 Å². The van der Waals surface area contributed by atoms with Crippen LogP contribution in [-0.4, -0.2) is 22.8 Å². The molecule has 0 aliphatic rings. The van der Waals surface area contributed by atoms with Crippen LogP contribution in [0.4, 0.5) is 0 Å². The van der Waals surface area contributed by atoms with E-state index in [9.17, 15) is 4.79 Å². The van der Waals surface area contributed by atoms with Gasteiger partial charge in [0.2, 0.25) is 0 Å². The summed E-state index contributed by atoms with van der Waals surface area (Å²) in [5.41, 5.74) is 0.0751. The molecule has 0 aliphatic heterocycles. The molecule has 3 heteroatoms. The number of hydrogen-bond acceptors (Lipinski definition) is 2. The molecule has 0 aromatic carbocycles. The molecule has 0 radical (unpaired) electrons. The third kappa shape index (κ3) is 6.34. The van der Waals surface area contributed by atoms with Crippen LogP contribution in [0, 0.1) is 0 Å². The third-order valence-electron chi connectivity index (χ3n) is 1.36. The van der Waals surface area contributed by atoms with E-state index >= 15 is 0 Å². The molecule has 0 spiro atoms. The summed E-state index contributed by atoms with van der Waals surface area (Å²) >= 11 is 0. The Morgan fingerprint density at radius 3 is 2.23 bits per heavy atom. The molecule has 0 fully saturated rings. The number of hydrogen-bond donors (Lipinski definition) is 1. The first-order chi connectivity index (χ1) is 5.72. The Bertz CT molecular complexity index is 211. The maximum absolute atomic E-state index is 10.5. The molecule has 0 aromatic heterocycles. The van der Waals surface area contributed by atoms with E-state index in [1.165, 1.54) is 0 Å². The lowest BCUT2D eigenvalue weighted by Gasteiger charge is -2.23. The zero-order chi connectivity index (χ0) is 10.6. The van der Waals surface area contributed by atoms with E-state index in [1.54, 1.807) is 13.0 Å². The molecule has 1 unspecified atom stereocenters. The molecule has 1 atom stereocenters. The van der Waals surface area contributed by atoms with Crippen molar-refractivity contribution < 1.29 is 14.6 Å². The number of ether oxygens (including phenoxy) is 1. The Morgan fingerprint density at radius 2 is 1.92 bits per heavy atom. The summed E-state index contributed by atoms with van der Waals surface area (Å²) < 4.78 is 5.52. The first-order valence-electron chi connectivity index (χ1n) is 4.32. The molecule has 0 aromatic rings. The van der Waals surface area contributed by atoms with E-state index in [0.29, 0.717) is 5.57 Å². The second kappa shape index (κ2) is 4.42. The smallest absolute Gasteiger partial charge is 0.331 e. The molecule has 76 valence electrons. The van der Waals surface area contributed by atoms with Gasteiger partial charge in [0.05, 0.1) is 11.7 Å². The molecule has 0 amide bonds. The van der Waals surface area contributed by atoms with Crippen LogP contribution in [0.1, 0.15) is 34.6 Å². The average Bonchev–Trinajstić information content (AvgIpc) is 1.81. The summed E-state index contributed by atoms with van der Waals surface area (Å²) in [6.07, 6.45) is 1.43. The molecule has 0 saturated heterocycles. The van der Waals surface area contributed by atoms with Gasteiger partial charge >= 0.3 is 5.97 Å². The van der Waals surface area contributed by atoms with Crippen molar-refractivity contribution in [3.8, 4) is 0 Å². The molecule has 0 saturated carbocycles. The number of carbonyl (C=O) groups is 1. The van der Waals surface area contributed by atoms with Crippen LogP contribution in [0.3, 0.4) is 0 Å². The van der Waals surface area contributed by atoms with Crippen LogP contribution in [0.5, 0.6) is 0 Å². The normalized spacial score (nSPS) is 15.6. The first kappa shape index (κ1) is 12.2. The average molecular weight is 186 g/mol. The molecular formula is C10H18O3. The van der Waals surface area contributed by atoms with Gasteiger partial charge in [-0.2, -0.15) is 0 Å². The fourth-order valence-corrected chi connectivity index (χ4v) is 1.02. The largest absolute Gasteiger partial charge is 0.478 e. The molecular weight excluding hydrogens is 168 g/mol. The Balaban J connectivity index is 4.23. The van der Waals surface area contributed by atoms with Crippen molar-refractivity contribution in [3.05, 3.63) is 11.6 Å². The standard InChI is InChI=1S/C10H18O3/c1-7(9(11)12)6-8(2)13-10(3,4)5/h6,8H,1-5H3,(H,11,12). The lowest BCUT2D eigenvalue weighted by atomic mass is 10.1. The van der Waals surface area contributed by atoms with Crippen LogP contribution >= 0.6 is 0 Å². The minimum Gasteiger partial charge on any atom is -0.478 e. The molecule has 0 heterocycles. The molecule has 0 rings (SSSR count). The van der Waals surface area contributed by atoms with Crippen molar-refractivity contribution >= 4 is 5.97 Å². The van der Waals surface area contributed by atoms with Crippen molar-refractivity contribution in [1.29, 1.82) is 0 Å². The summed E-state index contributed by atoms with van der Waals surface area (Å²) in [7, 11) is 0.